The Morgan fingerprint density at radius 1 is 1.12 bits per heavy atom. The van der Waals surface area contributed by atoms with E-state index >= 15 is 0 Å². The van der Waals surface area contributed by atoms with Gasteiger partial charge in [-0.3, -0.25) is 4.79 Å². The largest absolute Gasteiger partial charge is 0.354 e. The van der Waals surface area contributed by atoms with Crippen molar-refractivity contribution in [2.45, 2.75) is 51.3 Å². The molecule has 0 radical (unpaired) electrons. The average molecular weight is 337 g/mol. The highest BCUT2D eigenvalue weighted by molar-refractivity contribution is 5.78. The molecule has 2 aromatic carbocycles. The summed E-state index contributed by atoms with van der Waals surface area (Å²) in [6.45, 7) is 6.68. The van der Waals surface area contributed by atoms with Gasteiger partial charge in [0.15, 0.2) is 0 Å². The van der Waals surface area contributed by atoms with Crippen LogP contribution in [0.2, 0.25) is 0 Å². The summed E-state index contributed by atoms with van der Waals surface area (Å²) < 4.78 is 5.95. The maximum Gasteiger partial charge on any atom is 0.225 e. The van der Waals surface area contributed by atoms with Gasteiger partial charge in [0.05, 0.1) is 12.6 Å². The van der Waals surface area contributed by atoms with Crippen LogP contribution in [0, 0.1) is 0 Å². The number of ether oxygens (including phenoxy) is 1. The van der Waals surface area contributed by atoms with Gasteiger partial charge >= 0.3 is 0 Å². The molecule has 2 atom stereocenters. The molecule has 132 valence electrons. The topological polar surface area (TPSA) is 29.5 Å². The van der Waals surface area contributed by atoms with Gasteiger partial charge in [0.25, 0.3) is 0 Å². The zero-order chi connectivity index (χ0) is 17.9. The van der Waals surface area contributed by atoms with Crippen LogP contribution in [0.3, 0.4) is 0 Å². The van der Waals surface area contributed by atoms with Crippen molar-refractivity contribution in [3.63, 3.8) is 0 Å². The van der Waals surface area contributed by atoms with E-state index in [4.69, 9.17) is 4.74 Å². The van der Waals surface area contributed by atoms with E-state index < -0.39 is 5.72 Å². The molecule has 1 aliphatic rings. The minimum absolute atomic E-state index is 0.0906. The number of hydrogen-bond donors (Lipinski definition) is 0. The van der Waals surface area contributed by atoms with Crippen molar-refractivity contribution < 1.29 is 9.53 Å². The van der Waals surface area contributed by atoms with Crippen molar-refractivity contribution in [3.8, 4) is 0 Å². The van der Waals surface area contributed by atoms with Crippen molar-refractivity contribution in [2.75, 3.05) is 6.61 Å². The lowest BCUT2D eigenvalue weighted by atomic mass is 9.96. The molecule has 3 heteroatoms. The van der Waals surface area contributed by atoms with Crippen LogP contribution in [0.15, 0.2) is 60.7 Å². The Balaban J connectivity index is 1.73. The fourth-order valence-corrected chi connectivity index (χ4v) is 3.68. The standard InChI is InChI=1S/C22H27NO2/c1-17(19-12-8-5-9-13-19)14-21(24)23-20(16-25-22(23,2)3)15-18-10-6-4-7-11-18/h4-13,17,20H,14-16H2,1-3H3/t17-,20+/m1/s1. The Kier molecular flexibility index (Phi) is 5.24. The van der Waals surface area contributed by atoms with E-state index in [1.165, 1.54) is 11.1 Å². The lowest BCUT2D eigenvalue weighted by Gasteiger charge is -2.34. The molecule has 0 aliphatic carbocycles. The Bertz CT molecular complexity index is 696. The van der Waals surface area contributed by atoms with Crippen molar-refractivity contribution in [3.05, 3.63) is 71.8 Å². The van der Waals surface area contributed by atoms with Gasteiger partial charge in [-0.2, -0.15) is 0 Å². The van der Waals surface area contributed by atoms with Crippen LogP contribution in [0.1, 0.15) is 44.2 Å². The van der Waals surface area contributed by atoms with Gasteiger partial charge in [0.2, 0.25) is 5.91 Å². The van der Waals surface area contributed by atoms with Crippen molar-refractivity contribution in [1.29, 1.82) is 0 Å². The second-order valence-corrected chi connectivity index (χ2v) is 7.38. The van der Waals surface area contributed by atoms with Crippen molar-refractivity contribution in [1.82, 2.24) is 4.90 Å². The highest BCUT2D eigenvalue weighted by Crippen LogP contribution is 2.32. The molecule has 3 rings (SSSR count). The number of carbonyl (C=O) groups is 1. The summed E-state index contributed by atoms with van der Waals surface area (Å²) in [4.78, 5) is 15.0. The SMILES string of the molecule is C[C@H](CC(=O)N1[C@@H](Cc2ccccc2)COC1(C)C)c1ccccc1. The lowest BCUT2D eigenvalue weighted by Crippen LogP contribution is -2.48. The molecule has 2 aromatic rings. The molecule has 0 spiro atoms. The second kappa shape index (κ2) is 7.40. The summed E-state index contributed by atoms with van der Waals surface area (Å²) in [6, 6.07) is 20.6. The molecule has 1 aliphatic heterocycles. The zero-order valence-corrected chi connectivity index (χ0v) is 15.3. The van der Waals surface area contributed by atoms with E-state index in [1.807, 2.05) is 55.1 Å². The fraction of sp³-hybridized carbons (Fsp3) is 0.409. The Labute approximate surface area is 150 Å². The van der Waals surface area contributed by atoms with Gasteiger partial charge in [-0.05, 0) is 37.3 Å². The van der Waals surface area contributed by atoms with E-state index in [1.54, 1.807) is 0 Å². The predicted octanol–water partition coefficient (Wildman–Crippen LogP) is 4.39. The number of nitrogens with zero attached hydrogens (tertiary/aromatic N) is 1. The van der Waals surface area contributed by atoms with Crippen LogP contribution in [-0.4, -0.2) is 29.2 Å². The molecule has 0 bridgehead atoms. The Morgan fingerprint density at radius 3 is 2.36 bits per heavy atom. The van der Waals surface area contributed by atoms with Gasteiger partial charge in [-0.25, -0.2) is 0 Å². The van der Waals surface area contributed by atoms with E-state index in [2.05, 4.69) is 31.2 Å². The summed E-state index contributed by atoms with van der Waals surface area (Å²) >= 11 is 0. The van der Waals surface area contributed by atoms with Crippen molar-refractivity contribution in [2.24, 2.45) is 0 Å². The van der Waals surface area contributed by atoms with Crippen LogP contribution >= 0.6 is 0 Å². The normalized spacial score (nSPS) is 20.4. The quantitative estimate of drug-likeness (QED) is 0.810. The second-order valence-electron chi connectivity index (χ2n) is 7.38. The summed E-state index contributed by atoms with van der Waals surface area (Å²) in [5.74, 6) is 0.363. The first-order chi connectivity index (χ1) is 12.0. The number of rotatable bonds is 5. The van der Waals surface area contributed by atoms with Crippen LogP contribution in [0.25, 0.3) is 0 Å². The number of carbonyl (C=O) groups excluding carboxylic acids is 1. The third kappa shape index (κ3) is 4.10. The van der Waals surface area contributed by atoms with Crippen molar-refractivity contribution >= 4 is 5.91 Å². The first-order valence-electron chi connectivity index (χ1n) is 9.02. The van der Waals surface area contributed by atoms with Gasteiger partial charge in [0, 0.05) is 6.42 Å². The van der Waals surface area contributed by atoms with Gasteiger partial charge in [0.1, 0.15) is 5.72 Å². The highest BCUT2D eigenvalue weighted by Gasteiger charge is 2.43. The predicted molar refractivity (Wildman–Crippen MR) is 100 cm³/mol. The monoisotopic (exact) mass is 337 g/mol. The van der Waals surface area contributed by atoms with E-state index in [-0.39, 0.29) is 17.9 Å². The minimum atomic E-state index is -0.549. The van der Waals surface area contributed by atoms with Crippen LogP contribution < -0.4 is 0 Å². The Morgan fingerprint density at radius 2 is 1.72 bits per heavy atom. The fourth-order valence-electron chi connectivity index (χ4n) is 3.68. The molecular formula is C22H27NO2. The Hall–Kier alpha value is -2.13. The first kappa shape index (κ1) is 17.7. The van der Waals surface area contributed by atoms with E-state index in [0.717, 1.165) is 6.42 Å². The lowest BCUT2D eigenvalue weighted by molar-refractivity contribution is -0.146. The third-order valence-electron chi connectivity index (χ3n) is 5.01. The molecular weight excluding hydrogens is 310 g/mol. The van der Waals surface area contributed by atoms with Gasteiger partial charge < -0.3 is 9.64 Å². The maximum absolute atomic E-state index is 13.1. The number of benzene rings is 2. The third-order valence-corrected chi connectivity index (χ3v) is 5.01. The molecule has 1 heterocycles. The molecule has 1 saturated heterocycles. The first-order valence-corrected chi connectivity index (χ1v) is 9.02. The van der Waals surface area contributed by atoms with E-state index in [9.17, 15) is 4.79 Å². The smallest absolute Gasteiger partial charge is 0.225 e. The van der Waals surface area contributed by atoms with E-state index in [0.29, 0.717) is 13.0 Å². The summed E-state index contributed by atoms with van der Waals surface area (Å²) in [5.41, 5.74) is 1.89. The number of amides is 1. The molecule has 0 saturated carbocycles. The molecule has 1 fully saturated rings. The molecule has 0 unspecified atom stereocenters. The van der Waals surface area contributed by atoms with Gasteiger partial charge in [-0.15, -0.1) is 0 Å². The zero-order valence-electron chi connectivity index (χ0n) is 15.3. The summed E-state index contributed by atoms with van der Waals surface area (Å²) in [6.07, 6.45) is 1.33. The maximum atomic E-state index is 13.1. The molecule has 3 nitrogen and oxygen atoms in total. The molecule has 0 N–H and O–H groups in total. The molecule has 1 amide bonds. The van der Waals surface area contributed by atoms with Crippen LogP contribution in [0.4, 0.5) is 0 Å². The summed E-state index contributed by atoms with van der Waals surface area (Å²) in [5, 5.41) is 0. The number of hydrogen-bond acceptors (Lipinski definition) is 2. The molecule has 0 aromatic heterocycles. The van der Waals surface area contributed by atoms with Gasteiger partial charge in [-0.1, -0.05) is 67.6 Å². The molecule has 25 heavy (non-hydrogen) atoms. The van der Waals surface area contributed by atoms with Crippen LogP contribution in [-0.2, 0) is 16.0 Å². The average Bonchev–Trinajstić information content (AvgIpc) is 2.91. The highest BCUT2D eigenvalue weighted by atomic mass is 16.5. The van der Waals surface area contributed by atoms with Crippen LogP contribution in [0.5, 0.6) is 0 Å². The minimum Gasteiger partial charge on any atom is -0.354 e. The summed E-state index contributed by atoms with van der Waals surface area (Å²) in [7, 11) is 0.